The van der Waals surface area contributed by atoms with E-state index in [1.54, 1.807) is 0 Å². The molecule has 0 aliphatic carbocycles. The first-order chi connectivity index (χ1) is 8.74. The fraction of sp³-hybridized carbons (Fsp3) is 0.385. The Hall–Kier alpha value is -1.88. The molecule has 0 bridgehead atoms. The third-order valence-corrected chi connectivity index (χ3v) is 2.91. The molecule has 96 valence electrons. The van der Waals surface area contributed by atoms with Crippen molar-refractivity contribution >= 4 is 17.4 Å². The summed E-state index contributed by atoms with van der Waals surface area (Å²) in [5, 5.41) is 6.86. The van der Waals surface area contributed by atoms with Crippen molar-refractivity contribution in [2.45, 2.75) is 12.8 Å². The maximum absolute atomic E-state index is 11.6. The lowest BCUT2D eigenvalue weighted by atomic mass is 10.1. The first kappa shape index (κ1) is 12.6. The highest BCUT2D eigenvalue weighted by Gasteiger charge is 2.11. The van der Waals surface area contributed by atoms with Gasteiger partial charge in [-0.05, 0) is 19.2 Å². The minimum Gasteiger partial charge on any atom is -0.307 e. The molecule has 1 fully saturated rings. The van der Waals surface area contributed by atoms with E-state index < -0.39 is 0 Å². The molecule has 2 N–H and O–H groups in total. The fourth-order valence-electron chi connectivity index (χ4n) is 1.80. The van der Waals surface area contributed by atoms with E-state index in [0.717, 1.165) is 37.3 Å². The zero-order valence-corrected chi connectivity index (χ0v) is 10.5. The van der Waals surface area contributed by atoms with Gasteiger partial charge in [-0.1, -0.05) is 18.2 Å². The van der Waals surface area contributed by atoms with E-state index in [1.807, 2.05) is 30.3 Å². The average Bonchev–Trinajstić information content (AvgIpc) is 2.39. The smallest absolute Gasteiger partial charge is 0.307 e. The molecule has 0 saturated carbocycles. The number of hydrazone groups is 1. The monoisotopic (exact) mass is 246 g/mol. The molecule has 0 unspecified atom stereocenters. The number of rotatable bonds is 2. The number of benzene rings is 1. The van der Waals surface area contributed by atoms with Crippen molar-refractivity contribution in [1.29, 1.82) is 0 Å². The molecular formula is C13H18N4O. The van der Waals surface area contributed by atoms with Gasteiger partial charge in [-0.2, -0.15) is 5.10 Å². The Balaban J connectivity index is 1.80. The minimum absolute atomic E-state index is 0.298. The van der Waals surface area contributed by atoms with Gasteiger partial charge >= 0.3 is 6.03 Å². The summed E-state index contributed by atoms with van der Waals surface area (Å²) < 4.78 is 0. The summed E-state index contributed by atoms with van der Waals surface area (Å²) in [5.74, 6) is 0. The number of nitrogens with one attached hydrogen (secondary N) is 2. The van der Waals surface area contributed by atoms with Gasteiger partial charge in [-0.15, -0.1) is 0 Å². The van der Waals surface area contributed by atoms with Gasteiger partial charge in [0.05, 0.1) is 0 Å². The van der Waals surface area contributed by atoms with Gasteiger partial charge in [0.15, 0.2) is 0 Å². The summed E-state index contributed by atoms with van der Waals surface area (Å²) in [5.41, 5.74) is 4.35. The topological polar surface area (TPSA) is 56.7 Å². The molecule has 0 spiro atoms. The summed E-state index contributed by atoms with van der Waals surface area (Å²) in [6, 6.07) is 9.02. The van der Waals surface area contributed by atoms with Gasteiger partial charge in [0.25, 0.3) is 0 Å². The van der Waals surface area contributed by atoms with Crippen molar-refractivity contribution in [2.24, 2.45) is 5.10 Å². The van der Waals surface area contributed by atoms with Gasteiger partial charge in [-0.3, -0.25) is 0 Å². The lowest BCUT2D eigenvalue weighted by Crippen LogP contribution is -2.32. The molecule has 5 heteroatoms. The lowest BCUT2D eigenvalue weighted by molar-refractivity contribution is 0.252. The van der Waals surface area contributed by atoms with Crippen LogP contribution in [0.3, 0.4) is 0 Å². The standard InChI is InChI=1S/C13H18N4O/c1-17-9-7-12(8-10-17)15-16-13(18)14-11-5-3-2-4-6-11/h2-6H,7-10H2,1H3,(H2,14,16,18). The number of hydrogen-bond acceptors (Lipinski definition) is 3. The second-order valence-electron chi connectivity index (χ2n) is 4.41. The molecule has 5 nitrogen and oxygen atoms in total. The van der Waals surface area contributed by atoms with Crippen LogP contribution in [-0.2, 0) is 0 Å². The third kappa shape index (κ3) is 3.85. The van der Waals surface area contributed by atoms with Crippen LogP contribution in [-0.4, -0.2) is 36.8 Å². The highest BCUT2D eigenvalue weighted by molar-refractivity contribution is 5.91. The zero-order chi connectivity index (χ0) is 12.8. The summed E-state index contributed by atoms with van der Waals surface area (Å²) in [4.78, 5) is 13.8. The summed E-state index contributed by atoms with van der Waals surface area (Å²) in [7, 11) is 2.09. The van der Waals surface area contributed by atoms with Crippen LogP contribution in [0.25, 0.3) is 0 Å². The van der Waals surface area contributed by atoms with Gasteiger partial charge < -0.3 is 10.2 Å². The van der Waals surface area contributed by atoms with Crippen LogP contribution in [0.4, 0.5) is 10.5 Å². The van der Waals surface area contributed by atoms with Crippen LogP contribution < -0.4 is 10.7 Å². The number of carbonyl (C=O) groups is 1. The molecule has 18 heavy (non-hydrogen) atoms. The highest BCUT2D eigenvalue weighted by atomic mass is 16.2. The number of anilines is 1. The number of urea groups is 1. The number of carbonyl (C=O) groups excluding carboxylic acids is 1. The average molecular weight is 246 g/mol. The molecule has 1 aliphatic rings. The van der Waals surface area contributed by atoms with E-state index in [0.29, 0.717) is 0 Å². The van der Waals surface area contributed by atoms with E-state index in [1.165, 1.54) is 0 Å². The van der Waals surface area contributed by atoms with Crippen molar-refractivity contribution in [3.63, 3.8) is 0 Å². The van der Waals surface area contributed by atoms with Crippen LogP contribution in [0.2, 0.25) is 0 Å². The quantitative estimate of drug-likeness (QED) is 0.783. The Kier molecular flexibility index (Phi) is 4.30. The molecule has 0 aromatic heterocycles. The summed E-state index contributed by atoms with van der Waals surface area (Å²) >= 11 is 0. The minimum atomic E-state index is -0.298. The molecule has 2 amide bonds. The molecule has 0 radical (unpaired) electrons. The first-order valence-corrected chi connectivity index (χ1v) is 6.10. The maximum atomic E-state index is 11.6. The Morgan fingerprint density at radius 1 is 1.22 bits per heavy atom. The molecule has 2 rings (SSSR count). The van der Waals surface area contributed by atoms with Crippen LogP contribution in [0, 0.1) is 0 Å². The van der Waals surface area contributed by atoms with E-state index in [9.17, 15) is 4.79 Å². The summed E-state index contributed by atoms with van der Waals surface area (Å²) in [6.07, 6.45) is 1.84. The Labute approximate surface area is 107 Å². The molecular weight excluding hydrogens is 228 g/mol. The second kappa shape index (κ2) is 6.16. The molecule has 0 atom stereocenters. The summed E-state index contributed by atoms with van der Waals surface area (Å²) in [6.45, 7) is 2.00. The van der Waals surface area contributed by atoms with Crippen molar-refractivity contribution in [3.8, 4) is 0 Å². The van der Waals surface area contributed by atoms with E-state index in [2.05, 4.69) is 27.8 Å². The largest absolute Gasteiger partial charge is 0.339 e. The van der Waals surface area contributed by atoms with Crippen LogP contribution in [0.1, 0.15) is 12.8 Å². The maximum Gasteiger partial charge on any atom is 0.339 e. The third-order valence-electron chi connectivity index (χ3n) is 2.91. The normalized spacial score (nSPS) is 16.2. The molecule has 1 aliphatic heterocycles. The van der Waals surface area contributed by atoms with Crippen molar-refractivity contribution in [2.75, 3.05) is 25.5 Å². The Morgan fingerprint density at radius 2 is 1.89 bits per heavy atom. The van der Waals surface area contributed by atoms with Crippen LogP contribution in [0.15, 0.2) is 35.4 Å². The predicted molar refractivity (Wildman–Crippen MR) is 72.8 cm³/mol. The van der Waals surface area contributed by atoms with E-state index in [4.69, 9.17) is 0 Å². The second-order valence-corrected chi connectivity index (χ2v) is 4.41. The molecule has 1 aromatic rings. The zero-order valence-electron chi connectivity index (χ0n) is 10.5. The van der Waals surface area contributed by atoms with Gasteiger partial charge in [0, 0.05) is 37.3 Å². The Morgan fingerprint density at radius 3 is 2.56 bits per heavy atom. The predicted octanol–water partition coefficient (Wildman–Crippen LogP) is 1.89. The van der Waals surface area contributed by atoms with Gasteiger partial charge in [-0.25, -0.2) is 10.2 Å². The van der Waals surface area contributed by atoms with E-state index >= 15 is 0 Å². The first-order valence-electron chi connectivity index (χ1n) is 6.10. The van der Waals surface area contributed by atoms with Crippen LogP contribution >= 0.6 is 0 Å². The van der Waals surface area contributed by atoms with Crippen molar-refractivity contribution in [1.82, 2.24) is 10.3 Å². The fourth-order valence-corrected chi connectivity index (χ4v) is 1.80. The van der Waals surface area contributed by atoms with Crippen molar-refractivity contribution < 1.29 is 4.79 Å². The SMILES string of the molecule is CN1CCC(=NNC(=O)Nc2ccccc2)CC1. The highest BCUT2D eigenvalue weighted by Crippen LogP contribution is 2.05. The molecule has 1 aromatic carbocycles. The number of likely N-dealkylation sites (tertiary alicyclic amines) is 1. The number of nitrogens with zero attached hydrogens (tertiary/aromatic N) is 2. The van der Waals surface area contributed by atoms with Crippen LogP contribution in [0.5, 0.6) is 0 Å². The number of hydrogen-bond donors (Lipinski definition) is 2. The molecule has 1 saturated heterocycles. The number of amides is 2. The molecule has 1 heterocycles. The van der Waals surface area contributed by atoms with Gasteiger partial charge in [0.2, 0.25) is 0 Å². The Bertz CT molecular complexity index is 420. The number of piperidine rings is 1. The number of para-hydroxylation sites is 1. The van der Waals surface area contributed by atoms with E-state index in [-0.39, 0.29) is 6.03 Å². The van der Waals surface area contributed by atoms with Gasteiger partial charge in [0.1, 0.15) is 0 Å². The lowest BCUT2D eigenvalue weighted by Gasteiger charge is -2.22. The van der Waals surface area contributed by atoms with Crippen molar-refractivity contribution in [3.05, 3.63) is 30.3 Å².